The second kappa shape index (κ2) is 16.1. The molecule has 1 fully saturated rings. The number of carbonyl (C=O) groups excluding carboxylic acids is 1. The van der Waals surface area contributed by atoms with Gasteiger partial charge in [0.25, 0.3) is 0 Å². The van der Waals surface area contributed by atoms with Crippen molar-refractivity contribution in [2.75, 3.05) is 26.0 Å². The molecule has 1 aliphatic carbocycles. The first kappa shape index (κ1) is 35.6. The number of nitrogen functional groups attached to an aromatic ring is 1. The van der Waals surface area contributed by atoms with E-state index in [0.29, 0.717) is 52.4 Å². The molecule has 0 spiro atoms. The zero-order valence-electron chi connectivity index (χ0n) is 26.8. The van der Waals surface area contributed by atoms with E-state index in [4.69, 9.17) is 36.6 Å². The summed E-state index contributed by atoms with van der Waals surface area (Å²) < 4.78 is 40.6. The third-order valence-corrected chi connectivity index (χ3v) is 7.81. The van der Waals surface area contributed by atoms with E-state index in [1.807, 2.05) is 19.1 Å². The minimum atomic E-state index is -0.880. The second-order valence-electron chi connectivity index (χ2n) is 10.9. The highest BCUT2D eigenvalue weighted by atomic mass is 35.5. The number of halogens is 3. The van der Waals surface area contributed by atoms with Gasteiger partial charge in [-0.1, -0.05) is 18.2 Å². The number of carbonyl (C=O) groups is 1. The van der Waals surface area contributed by atoms with Gasteiger partial charge in [-0.15, -0.1) is 0 Å². The molecule has 4 aromatic rings. The smallest absolute Gasteiger partial charge is 0.248 e. The summed E-state index contributed by atoms with van der Waals surface area (Å²) in [5.41, 5.74) is 14.7. The number of nitrogens with one attached hydrogen (secondary N) is 2. The number of benzene rings is 2. The second-order valence-corrected chi connectivity index (χ2v) is 11.4. The van der Waals surface area contributed by atoms with Crippen LogP contribution in [0.1, 0.15) is 53.6 Å². The maximum absolute atomic E-state index is 15.2. The Labute approximate surface area is 281 Å². The molecule has 2 aromatic carbocycles. The molecule has 252 valence electrons. The lowest BCUT2D eigenvalue weighted by Gasteiger charge is -2.23. The standard InChI is InChI=1S/C34H34ClF2N5O3.CH3NO/c1-5-45-34-18(2)10-29(42-33(34)24-14-26(35)28(37)15-27(24)36)25(20-8-9-39-31(43)13-20)17-40-19(3)21-11-22(16-41-23-6-7-23)32(38)30(12-21)44-4;2-1-3/h8-16,23,25,40H,3,5-7,17,38H2,1-2,4H3,(H,39,43);1H,(H2,2,3). The van der Waals surface area contributed by atoms with Crippen molar-refractivity contribution < 1.29 is 23.0 Å². The van der Waals surface area contributed by atoms with E-state index in [-0.39, 0.29) is 34.8 Å². The zero-order chi connectivity index (χ0) is 35.0. The van der Waals surface area contributed by atoms with E-state index >= 15 is 4.39 Å². The van der Waals surface area contributed by atoms with E-state index in [2.05, 4.69) is 27.6 Å². The van der Waals surface area contributed by atoms with Crippen molar-refractivity contribution in [3.63, 3.8) is 0 Å². The number of aryl methyl sites for hydroxylation is 1. The monoisotopic (exact) mass is 678 g/mol. The molecule has 1 amide bonds. The molecule has 0 bridgehead atoms. The molecule has 0 radical (unpaired) electrons. The molecule has 5 rings (SSSR count). The van der Waals surface area contributed by atoms with Crippen LogP contribution in [-0.2, 0) is 4.79 Å². The SMILES string of the molecule is C=C(NCC(c1cc[nH]c(=O)c1)c1cc(C)c(OCC)c(-c2cc(Cl)c(F)cc2F)n1)c1cc(C=NC2CC2)c(N)c(OC)c1.NC=O. The molecule has 1 saturated carbocycles. The molecule has 48 heavy (non-hydrogen) atoms. The summed E-state index contributed by atoms with van der Waals surface area (Å²) in [5, 5.41) is 3.13. The Morgan fingerprint density at radius 1 is 1.23 bits per heavy atom. The van der Waals surface area contributed by atoms with Gasteiger partial charge in [0, 0.05) is 59.4 Å². The topological polar surface area (TPSA) is 158 Å². The lowest BCUT2D eigenvalue weighted by molar-refractivity contribution is -0.106. The molecule has 1 unspecified atom stereocenters. The largest absolute Gasteiger partial charge is 0.495 e. The Hall–Kier alpha value is -5.23. The predicted molar refractivity (Wildman–Crippen MR) is 185 cm³/mol. The Morgan fingerprint density at radius 3 is 2.60 bits per heavy atom. The highest BCUT2D eigenvalue weighted by molar-refractivity contribution is 6.31. The number of primary amides is 1. The van der Waals surface area contributed by atoms with Crippen LogP contribution < -0.4 is 31.8 Å². The van der Waals surface area contributed by atoms with Crippen molar-refractivity contribution in [1.29, 1.82) is 0 Å². The first-order valence-corrected chi connectivity index (χ1v) is 15.5. The first-order chi connectivity index (χ1) is 23.0. The number of nitrogens with two attached hydrogens (primary N) is 2. The third kappa shape index (κ3) is 8.56. The predicted octanol–water partition coefficient (Wildman–Crippen LogP) is 5.74. The highest BCUT2D eigenvalue weighted by Crippen LogP contribution is 2.38. The molecule has 1 atom stereocenters. The zero-order valence-corrected chi connectivity index (χ0v) is 27.5. The van der Waals surface area contributed by atoms with Crippen molar-refractivity contribution in [3.05, 3.63) is 110 Å². The molecule has 10 nitrogen and oxygen atoms in total. The van der Waals surface area contributed by atoms with Crippen molar-refractivity contribution >= 4 is 35.6 Å². The molecule has 13 heteroatoms. The third-order valence-electron chi connectivity index (χ3n) is 7.52. The van der Waals surface area contributed by atoms with Gasteiger partial charge < -0.3 is 31.2 Å². The summed E-state index contributed by atoms with van der Waals surface area (Å²) in [4.78, 5) is 33.0. The van der Waals surface area contributed by atoms with E-state index in [0.717, 1.165) is 30.0 Å². The molecule has 2 heterocycles. The average Bonchev–Trinajstić information content (AvgIpc) is 3.88. The number of anilines is 1. The number of ether oxygens (including phenoxy) is 2. The molecular weight excluding hydrogens is 642 g/mol. The number of amides is 1. The van der Waals surface area contributed by atoms with Gasteiger partial charge in [-0.2, -0.15) is 0 Å². The summed E-state index contributed by atoms with van der Waals surface area (Å²) in [6.45, 7) is 8.41. The van der Waals surface area contributed by atoms with Crippen LogP contribution in [0.3, 0.4) is 0 Å². The Kier molecular flexibility index (Phi) is 11.9. The Bertz CT molecular complexity index is 1890. The fourth-order valence-corrected chi connectivity index (χ4v) is 5.15. The number of methoxy groups -OCH3 is 1. The number of aromatic amines is 1. The van der Waals surface area contributed by atoms with Crippen LogP contribution in [0, 0.1) is 18.6 Å². The Morgan fingerprint density at radius 2 is 1.96 bits per heavy atom. The number of hydrogen-bond donors (Lipinski definition) is 4. The van der Waals surface area contributed by atoms with Crippen LogP contribution in [0.4, 0.5) is 14.5 Å². The summed E-state index contributed by atoms with van der Waals surface area (Å²) >= 11 is 6.05. The van der Waals surface area contributed by atoms with Crippen LogP contribution in [0.2, 0.25) is 5.02 Å². The number of pyridine rings is 2. The number of aromatic nitrogens is 2. The van der Waals surface area contributed by atoms with Crippen molar-refractivity contribution in [2.45, 2.75) is 38.6 Å². The summed E-state index contributed by atoms with van der Waals surface area (Å²) in [7, 11) is 1.55. The fourth-order valence-electron chi connectivity index (χ4n) is 4.98. The van der Waals surface area contributed by atoms with Crippen LogP contribution in [0.15, 0.2) is 65.0 Å². The van der Waals surface area contributed by atoms with Gasteiger partial charge >= 0.3 is 0 Å². The summed E-state index contributed by atoms with van der Waals surface area (Å²) in [5.74, 6) is -1.37. The molecule has 6 N–H and O–H groups in total. The van der Waals surface area contributed by atoms with E-state index in [9.17, 15) is 9.18 Å². The molecule has 1 aliphatic rings. The number of hydrogen-bond acceptors (Lipinski definition) is 8. The molecule has 2 aromatic heterocycles. The minimum absolute atomic E-state index is 0.00816. The number of H-pyrrole nitrogens is 1. The molecule has 0 saturated heterocycles. The van der Waals surface area contributed by atoms with Gasteiger partial charge in [0.15, 0.2) is 0 Å². The maximum Gasteiger partial charge on any atom is 0.248 e. The number of nitrogens with zero attached hydrogens (tertiary/aromatic N) is 2. The van der Waals surface area contributed by atoms with Crippen LogP contribution in [-0.4, -0.2) is 48.9 Å². The highest BCUT2D eigenvalue weighted by Gasteiger charge is 2.24. The molecule has 0 aliphatic heterocycles. The summed E-state index contributed by atoms with van der Waals surface area (Å²) in [6.07, 6.45) is 5.69. The van der Waals surface area contributed by atoms with Crippen LogP contribution in [0.25, 0.3) is 17.0 Å². The minimum Gasteiger partial charge on any atom is -0.495 e. The number of aliphatic imine (C=N–C) groups is 1. The van der Waals surface area contributed by atoms with Crippen LogP contribution >= 0.6 is 11.6 Å². The maximum atomic E-state index is 15.2. The van der Waals surface area contributed by atoms with E-state index < -0.39 is 17.6 Å². The lowest BCUT2D eigenvalue weighted by Crippen LogP contribution is -2.23. The number of rotatable bonds is 12. The summed E-state index contributed by atoms with van der Waals surface area (Å²) in [6, 6.07) is 11.0. The van der Waals surface area contributed by atoms with Gasteiger partial charge in [0.2, 0.25) is 12.0 Å². The van der Waals surface area contributed by atoms with E-state index in [1.165, 1.54) is 12.1 Å². The van der Waals surface area contributed by atoms with Gasteiger partial charge in [-0.25, -0.2) is 13.8 Å². The van der Waals surface area contributed by atoms with Crippen LogP contribution in [0.5, 0.6) is 11.5 Å². The molecular formula is C35H37ClF2N6O4. The Balaban J connectivity index is 0.00000167. The van der Waals surface area contributed by atoms with Gasteiger partial charge in [-0.3, -0.25) is 14.6 Å². The average molecular weight is 679 g/mol. The van der Waals surface area contributed by atoms with Gasteiger partial charge in [0.1, 0.15) is 28.8 Å². The van der Waals surface area contributed by atoms with Gasteiger partial charge in [0.05, 0.1) is 36.2 Å². The quantitative estimate of drug-likeness (QED) is 0.0644. The van der Waals surface area contributed by atoms with E-state index in [1.54, 1.807) is 38.6 Å². The van der Waals surface area contributed by atoms with Crippen molar-refractivity contribution in [2.24, 2.45) is 10.7 Å². The van der Waals surface area contributed by atoms with Gasteiger partial charge in [-0.05, 0) is 68.1 Å². The fraction of sp³-hybridized carbons (Fsp3) is 0.257. The van der Waals surface area contributed by atoms with Crippen molar-refractivity contribution in [3.8, 4) is 22.8 Å². The lowest BCUT2D eigenvalue weighted by atomic mass is 9.93. The first-order valence-electron chi connectivity index (χ1n) is 15.1. The normalized spacial score (nSPS) is 13.0. The van der Waals surface area contributed by atoms with Crippen molar-refractivity contribution in [1.82, 2.24) is 15.3 Å².